The van der Waals surface area contributed by atoms with Crippen molar-refractivity contribution < 1.29 is 27.8 Å². The van der Waals surface area contributed by atoms with Gasteiger partial charge in [0.2, 0.25) is 0 Å². The van der Waals surface area contributed by atoms with Crippen LogP contribution in [0.15, 0.2) is 24.3 Å². The van der Waals surface area contributed by atoms with Crippen molar-refractivity contribution in [2.45, 2.75) is 24.8 Å². The van der Waals surface area contributed by atoms with Crippen LogP contribution >= 0.6 is 0 Å². The normalized spacial score (nSPS) is 18.6. The van der Waals surface area contributed by atoms with E-state index in [2.05, 4.69) is 10.1 Å². The highest BCUT2D eigenvalue weighted by Gasteiger charge is 2.33. The van der Waals surface area contributed by atoms with E-state index >= 15 is 0 Å². The van der Waals surface area contributed by atoms with E-state index < -0.39 is 17.7 Å². The summed E-state index contributed by atoms with van der Waals surface area (Å²) < 4.78 is 46.0. The fourth-order valence-corrected chi connectivity index (χ4v) is 2.03. The SMILES string of the molecule is OC1(COc2ccccc2OC(F)(F)F)CCNCC1. The maximum Gasteiger partial charge on any atom is 0.573 e. The lowest BCUT2D eigenvalue weighted by Crippen LogP contribution is -2.46. The molecule has 0 radical (unpaired) electrons. The molecule has 0 bridgehead atoms. The third-order valence-corrected chi connectivity index (χ3v) is 3.11. The smallest absolute Gasteiger partial charge is 0.487 e. The molecule has 0 saturated carbocycles. The third-order valence-electron chi connectivity index (χ3n) is 3.11. The van der Waals surface area contributed by atoms with Crippen LogP contribution in [-0.2, 0) is 0 Å². The van der Waals surface area contributed by atoms with Gasteiger partial charge in [-0.2, -0.15) is 0 Å². The second-order valence-corrected chi connectivity index (χ2v) is 4.76. The molecule has 1 aliphatic rings. The molecule has 1 aliphatic heterocycles. The molecular weight excluding hydrogens is 275 g/mol. The zero-order valence-corrected chi connectivity index (χ0v) is 10.7. The lowest BCUT2D eigenvalue weighted by atomic mass is 9.93. The summed E-state index contributed by atoms with van der Waals surface area (Å²) in [4.78, 5) is 0. The van der Waals surface area contributed by atoms with Crippen molar-refractivity contribution in [3.05, 3.63) is 24.3 Å². The predicted octanol–water partition coefficient (Wildman–Crippen LogP) is 2.08. The molecule has 1 fully saturated rings. The van der Waals surface area contributed by atoms with Crippen LogP contribution in [0.4, 0.5) is 13.2 Å². The quantitative estimate of drug-likeness (QED) is 0.892. The van der Waals surface area contributed by atoms with E-state index in [1.807, 2.05) is 0 Å². The maximum absolute atomic E-state index is 12.3. The van der Waals surface area contributed by atoms with Crippen molar-refractivity contribution in [3.8, 4) is 11.5 Å². The van der Waals surface area contributed by atoms with Crippen LogP contribution < -0.4 is 14.8 Å². The van der Waals surface area contributed by atoms with Crippen molar-refractivity contribution in [1.82, 2.24) is 5.32 Å². The van der Waals surface area contributed by atoms with E-state index in [4.69, 9.17) is 4.74 Å². The zero-order chi connectivity index (χ0) is 14.6. The number of piperidine rings is 1. The van der Waals surface area contributed by atoms with Crippen LogP contribution in [0.3, 0.4) is 0 Å². The lowest BCUT2D eigenvalue weighted by Gasteiger charge is -2.32. The Bertz CT molecular complexity index is 445. The molecule has 1 aromatic rings. The Morgan fingerprint density at radius 3 is 2.35 bits per heavy atom. The second-order valence-electron chi connectivity index (χ2n) is 4.76. The van der Waals surface area contributed by atoms with E-state index in [1.54, 1.807) is 6.07 Å². The summed E-state index contributed by atoms with van der Waals surface area (Å²) in [6, 6.07) is 5.53. The van der Waals surface area contributed by atoms with Gasteiger partial charge >= 0.3 is 6.36 Å². The first-order valence-corrected chi connectivity index (χ1v) is 6.29. The summed E-state index contributed by atoms with van der Waals surface area (Å²) in [6.45, 7) is 1.24. The van der Waals surface area contributed by atoms with Gasteiger partial charge in [-0.05, 0) is 38.1 Å². The van der Waals surface area contributed by atoms with Gasteiger partial charge in [0.25, 0.3) is 0 Å². The predicted molar refractivity (Wildman–Crippen MR) is 65.7 cm³/mol. The number of alkyl halides is 3. The fraction of sp³-hybridized carbons (Fsp3) is 0.538. The van der Waals surface area contributed by atoms with Crippen molar-refractivity contribution in [1.29, 1.82) is 0 Å². The molecule has 1 heterocycles. The molecular formula is C13H16F3NO3. The Morgan fingerprint density at radius 1 is 1.15 bits per heavy atom. The minimum atomic E-state index is -4.77. The standard InChI is InChI=1S/C13H16F3NO3/c14-13(15,16)20-11-4-2-1-3-10(11)19-9-12(18)5-7-17-8-6-12/h1-4,17-18H,5-9H2. The fourth-order valence-electron chi connectivity index (χ4n) is 2.03. The number of hydrogen-bond donors (Lipinski definition) is 2. The Balaban J connectivity index is 2.02. The summed E-state index contributed by atoms with van der Waals surface area (Å²) in [5.41, 5.74) is -1.02. The molecule has 1 aromatic carbocycles. The zero-order valence-electron chi connectivity index (χ0n) is 10.7. The molecule has 1 saturated heterocycles. The first kappa shape index (κ1) is 14.9. The van der Waals surface area contributed by atoms with Crippen molar-refractivity contribution in [3.63, 3.8) is 0 Å². The van der Waals surface area contributed by atoms with Crippen molar-refractivity contribution >= 4 is 0 Å². The molecule has 0 spiro atoms. The largest absolute Gasteiger partial charge is 0.573 e. The molecule has 0 aliphatic carbocycles. The molecule has 0 amide bonds. The number of ether oxygens (including phenoxy) is 2. The van der Waals surface area contributed by atoms with E-state index in [1.165, 1.54) is 18.2 Å². The van der Waals surface area contributed by atoms with Crippen LogP contribution in [0, 0.1) is 0 Å². The highest BCUT2D eigenvalue weighted by molar-refractivity contribution is 5.39. The first-order chi connectivity index (χ1) is 9.38. The molecule has 0 unspecified atom stereocenters. The summed E-state index contributed by atoms with van der Waals surface area (Å²) in [5.74, 6) is -0.436. The average molecular weight is 291 g/mol. The Labute approximate surface area is 114 Å². The monoisotopic (exact) mass is 291 g/mol. The third kappa shape index (κ3) is 4.28. The van der Waals surface area contributed by atoms with Gasteiger partial charge in [0, 0.05) is 0 Å². The number of rotatable bonds is 4. The van der Waals surface area contributed by atoms with Gasteiger partial charge in [-0.1, -0.05) is 12.1 Å². The van der Waals surface area contributed by atoms with Gasteiger partial charge in [0.15, 0.2) is 11.5 Å². The minimum Gasteiger partial charge on any atom is -0.487 e. The van der Waals surface area contributed by atoms with Gasteiger partial charge in [0.1, 0.15) is 12.2 Å². The molecule has 2 rings (SSSR count). The molecule has 0 aromatic heterocycles. The van der Waals surface area contributed by atoms with Gasteiger partial charge in [-0.25, -0.2) is 0 Å². The molecule has 7 heteroatoms. The van der Waals surface area contributed by atoms with Gasteiger partial charge in [-0.3, -0.25) is 0 Å². The summed E-state index contributed by atoms with van der Waals surface area (Å²) in [7, 11) is 0. The minimum absolute atomic E-state index is 0.0308. The number of aliphatic hydroxyl groups is 1. The highest BCUT2D eigenvalue weighted by atomic mass is 19.4. The molecule has 20 heavy (non-hydrogen) atoms. The number of benzene rings is 1. The van der Waals surface area contributed by atoms with Crippen LogP contribution in [0.2, 0.25) is 0 Å². The van der Waals surface area contributed by atoms with Gasteiger partial charge in [0.05, 0.1) is 0 Å². The van der Waals surface area contributed by atoms with E-state index in [-0.39, 0.29) is 12.4 Å². The van der Waals surface area contributed by atoms with E-state index in [0.717, 1.165) is 0 Å². The van der Waals surface area contributed by atoms with Gasteiger partial charge in [-0.15, -0.1) is 13.2 Å². The topological polar surface area (TPSA) is 50.7 Å². The molecule has 4 nitrogen and oxygen atoms in total. The Kier molecular flexibility index (Phi) is 4.39. The number of para-hydroxylation sites is 2. The number of halogens is 3. The number of hydrogen-bond acceptors (Lipinski definition) is 4. The van der Waals surface area contributed by atoms with E-state index in [9.17, 15) is 18.3 Å². The van der Waals surface area contributed by atoms with Crippen LogP contribution in [0.1, 0.15) is 12.8 Å². The molecule has 112 valence electrons. The Hall–Kier alpha value is -1.47. The lowest BCUT2D eigenvalue weighted by molar-refractivity contribution is -0.275. The molecule has 2 N–H and O–H groups in total. The van der Waals surface area contributed by atoms with Crippen molar-refractivity contribution in [2.75, 3.05) is 19.7 Å². The van der Waals surface area contributed by atoms with Crippen LogP contribution in [-0.4, -0.2) is 36.8 Å². The Morgan fingerprint density at radius 2 is 1.75 bits per heavy atom. The second kappa shape index (κ2) is 5.88. The average Bonchev–Trinajstić information content (AvgIpc) is 2.37. The van der Waals surface area contributed by atoms with Crippen LogP contribution in [0.5, 0.6) is 11.5 Å². The summed E-state index contributed by atoms with van der Waals surface area (Å²) >= 11 is 0. The van der Waals surface area contributed by atoms with E-state index in [0.29, 0.717) is 25.9 Å². The summed E-state index contributed by atoms with van der Waals surface area (Å²) in [6.07, 6.45) is -3.78. The molecule has 0 atom stereocenters. The first-order valence-electron chi connectivity index (χ1n) is 6.29. The van der Waals surface area contributed by atoms with Crippen molar-refractivity contribution in [2.24, 2.45) is 0 Å². The summed E-state index contributed by atoms with van der Waals surface area (Å²) in [5, 5.41) is 13.3. The van der Waals surface area contributed by atoms with Gasteiger partial charge < -0.3 is 19.9 Å². The van der Waals surface area contributed by atoms with Crippen LogP contribution in [0.25, 0.3) is 0 Å². The number of nitrogens with one attached hydrogen (secondary N) is 1. The maximum atomic E-state index is 12.3. The highest BCUT2D eigenvalue weighted by Crippen LogP contribution is 2.32.